The number of halogens is 3. The lowest BCUT2D eigenvalue weighted by atomic mass is 10.0. The van der Waals surface area contributed by atoms with Crippen LogP contribution in [0.1, 0.15) is 39.0 Å². The zero-order chi connectivity index (χ0) is 10.6. The molecule has 0 radical (unpaired) electrons. The Bertz CT molecular complexity index is 217. The Hall–Kier alpha value is 1.53. The van der Waals surface area contributed by atoms with Gasteiger partial charge in [-0.25, -0.2) is 0 Å². The summed E-state index contributed by atoms with van der Waals surface area (Å²) in [5, 5.41) is 2.19. The first-order valence-electron chi connectivity index (χ1n) is 4.96. The van der Waals surface area contributed by atoms with Crippen LogP contribution in [0.15, 0.2) is 9.89 Å². The molecule has 0 aromatic rings. The van der Waals surface area contributed by atoms with E-state index >= 15 is 0 Å². The van der Waals surface area contributed by atoms with Crippen molar-refractivity contribution >= 4 is 59.6 Å². The minimum atomic E-state index is 0.130. The molecule has 2 atom stereocenters. The molecule has 0 saturated heterocycles. The van der Waals surface area contributed by atoms with E-state index in [4.69, 9.17) is 0 Å². The maximum atomic E-state index is 3.85. The van der Waals surface area contributed by atoms with Crippen LogP contribution >= 0.6 is 59.6 Å². The molecule has 0 saturated carbocycles. The normalized spacial score (nSPS) is 32.0. The van der Waals surface area contributed by atoms with Crippen molar-refractivity contribution in [3.8, 4) is 0 Å². The monoisotopic (exact) mass is 404 g/mol. The second-order valence-corrected chi connectivity index (χ2v) is 8.36. The quantitative estimate of drug-likeness (QED) is 0.411. The highest BCUT2D eigenvalue weighted by atomic mass is 79.9. The van der Waals surface area contributed by atoms with Gasteiger partial charge in [0.15, 0.2) is 0 Å². The molecule has 0 bridgehead atoms. The summed E-state index contributed by atoms with van der Waals surface area (Å²) >= 11 is 13.0. The summed E-state index contributed by atoms with van der Waals surface area (Å²) in [4.78, 5) is 0. The van der Waals surface area contributed by atoms with Gasteiger partial charge in [0.1, 0.15) is 0 Å². The molecule has 0 aromatic carbocycles. The molecule has 14 heavy (non-hydrogen) atoms. The smallest absolute Gasteiger partial charge is 0.0840 e. The molecule has 1 aliphatic rings. The lowest BCUT2D eigenvalue weighted by molar-refractivity contribution is 0.592. The highest BCUT2D eigenvalue weighted by Crippen LogP contribution is 2.53. The van der Waals surface area contributed by atoms with Crippen LogP contribution in [-0.4, -0.2) is 8.48 Å². The molecule has 0 aliphatic carbocycles. The largest absolute Gasteiger partial charge is 0.116 e. The fourth-order valence-electron chi connectivity index (χ4n) is 1.48. The van der Waals surface area contributed by atoms with E-state index in [0.717, 1.165) is 0 Å². The summed E-state index contributed by atoms with van der Waals surface area (Å²) in [5.41, 5.74) is 0. The highest BCUT2D eigenvalue weighted by molar-refractivity contribution is 9.16. The van der Waals surface area contributed by atoms with Crippen molar-refractivity contribution in [3.63, 3.8) is 0 Å². The minimum Gasteiger partial charge on any atom is -0.116 e. The van der Waals surface area contributed by atoms with E-state index in [1.807, 2.05) is 11.8 Å². The third kappa shape index (κ3) is 3.26. The van der Waals surface area contributed by atoms with Gasteiger partial charge in [-0.2, -0.15) is 0 Å². The van der Waals surface area contributed by atoms with Crippen molar-refractivity contribution in [2.45, 2.75) is 47.5 Å². The Kier molecular flexibility index (Phi) is 6.13. The van der Waals surface area contributed by atoms with Crippen LogP contribution in [0.25, 0.3) is 0 Å². The number of rotatable bonds is 5. The Morgan fingerprint density at radius 1 is 1.43 bits per heavy atom. The number of hydrogen-bond donors (Lipinski definition) is 0. The zero-order valence-corrected chi connectivity index (χ0v) is 13.8. The Balaban J connectivity index is 2.37. The minimum absolute atomic E-state index is 0.130. The van der Waals surface area contributed by atoms with Gasteiger partial charge < -0.3 is 0 Å². The van der Waals surface area contributed by atoms with Crippen LogP contribution < -0.4 is 0 Å². The standard InChI is InChI=1S/C10H15Br3S/c1-2-3-4-5-6-10(13)8(11)7-14-9(10)12/h7,9H,2-6H2,1H3. The average Bonchev–Trinajstić information content (AvgIpc) is 2.42. The molecule has 0 aromatic heterocycles. The van der Waals surface area contributed by atoms with Crippen LogP contribution in [0.4, 0.5) is 0 Å². The third-order valence-corrected chi connectivity index (χ3v) is 8.85. The zero-order valence-electron chi connectivity index (χ0n) is 8.23. The first-order chi connectivity index (χ1) is 6.61. The summed E-state index contributed by atoms with van der Waals surface area (Å²) in [6, 6.07) is 0. The first kappa shape index (κ1) is 13.6. The molecule has 0 amide bonds. The van der Waals surface area contributed by atoms with Gasteiger partial charge >= 0.3 is 0 Å². The van der Waals surface area contributed by atoms with Gasteiger partial charge in [0.25, 0.3) is 0 Å². The molecule has 1 aliphatic heterocycles. The molecule has 0 spiro atoms. The van der Waals surface area contributed by atoms with E-state index < -0.39 is 0 Å². The lowest BCUT2D eigenvalue weighted by Gasteiger charge is -2.26. The Labute approximate surface area is 116 Å². The van der Waals surface area contributed by atoms with E-state index in [2.05, 4.69) is 60.1 Å². The van der Waals surface area contributed by atoms with Crippen LogP contribution in [0.5, 0.6) is 0 Å². The second-order valence-electron chi connectivity index (χ2n) is 3.59. The maximum absolute atomic E-state index is 3.85. The molecule has 1 heterocycles. The SMILES string of the molecule is CCCCCCC1(Br)C(Br)=CSC1Br. The summed E-state index contributed by atoms with van der Waals surface area (Å²) in [6.07, 6.45) is 6.50. The molecular formula is C10H15Br3S. The van der Waals surface area contributed by atoms with Crippen molar-refractivity contribution in [1.82, 2.24) is 0 Å². The van der Waals surface area contributed by atoms with E-state index in [-0.39, 0.29) is 4.32 Å². The van der Waals surface area contributed by atoms with Gasteiger partial charge in [-0.1, -0.05) is 80.4 Å². The van der Waals surface area contributed by atoms with Crippen molar-refractivity contribution in [1.29, 1.82) is 0 Å². The van der Waals surface area contributed by atoms with Gasteiger partial charge in [-0.3, -0.25) is 0 Å². The molecule has 1 rings (SSSR count). The average molecular weight is 407 g/mol. The van der Waals surface area contributed by atoms with E-state index in [0.29, 0.717) is 4.16 Å². The fraction of sp³-hybridized carbons (Fsp3) is 0.800. The molecule has 82 valence electrons. The summed E-state index contributed by atoms with van der Waals surface area (Å²) < 4.78 is 1.88. The molecule has 4 heteroatoms. The lowest BCUT2D eigenvalue weighted by Crippen LogP contribution is -2.26. The number of hydrogen-bond acceptors (Lipinski definition) is 1. The van der Waals surface area contributed by atoms with Crippen molar-refractivity contribution < 1.29 is 0 Å². The van der Waals surface area contributed by atoms with Crippen LogP contribution in [0.2, 0.25) is 0 Å². The van der Waals surface area contributed by atoms with Gasteiger partial charge in [0.05, 0.1) is 8.48 Å². The first-order valence-corrected chi connectivity index (χ1v) is 8.40. The van der Waals surface area contributed by atoms with Crippen LogP contribution in [0, 0.1) is 0 Å². The Morgan fingerprint density at radius 3 is 2.64 bits per heavy atom. The number of allylic oxidation sites excluding steroid dienone is 1. The van der Waals surface area contributed by atoms with Crippen LogP contribution in [0.3, 0.4) is 0 Å². The molecule has 0 fully saturated rings. The maximum Gasteiger partial charge on any atom is 0.0840 e. The van der Waals surface area contributed by atoms with Crippen molar-refractivity contribution in [2.75, 3.05) is 0 Å². The van der Waals surface area contributed by atoms with E-state index in [1.165, 1.54) is 36.6 Å². The van der Waals surface area contributed by atoms with E-state index in [1.54, 1.807) is 0 Å². The topological polar surface area (TPSA) is 0 Å². The molecular weight excluding hydrogens is 392 g/mol. The summed E-state index contributed by atoms with van der Waals surface area (Å²) in [5.74, 6) is 0. The van der Waals surface area contributed by atoms with Gasteiger partial charge in [-0.15, -0.1) is 11.8 Å². The predicted octanol–water partition coefficient (Wildman–Crippen LogP) is 5.79. The third-order valence-electron chi connectivity index (χ3n) is 2.44. The van der Waals surface area contributed by atoms with Gasteiger partial charge in [0.2, 0.25) is 0 Å². The van der Waals surface area contributed by atoms with Gasteiger partial charge in [-0.05, 0) is 11.8 Å². The predicted molar refractivity (Wildman–Crippen MR) is 77.7 cm³/mol. The highest BCUT2D eigenvalue weighted by Gasteiger charge is 2.41. The van der Waals surface area contributed by atoms with Gasteiger partial charge in [0, 0.05) is 4.48 Å². The molecule has 2 unspecified atom stereocenters. The number of thioether (sulfide) groups is 1. The summed E-state index contributed by atoms with van der Waals surface area (Å²) in [6.45, 7) is 2.25. The van der Waals surface area contributed by atoms with Crippen molar-refractivity contribution in [3.05, 3.63) is 9.89 Å². The number of alkyl halides is 2. The molecule has 0 nitrogen and oxygen atoms in total. The number of unbranched alkanes of at least 4 members (excludes halogenated alkanes) is 3. The van der Waals surface area contributed by atoms with Crippen LogP contribution in [-0.2, 0) is 0 Å². The van der Waals surface area contributed by atoms with Crippen molar-refractivity contribution in [2.24, 2.45) is 0 Å². The molecule has 0 N–H and O–H groups in total. The fourth-order valence-corrected chi connectivity index (χ4v) is 5.26. The Morgan fingerprint density at radius 2 is 2.14 bits per heavy atom. The summed E-state index contributed by atoms with van der Waals surface area (Å²) in [7, 11) is 0. The van der Waals surface area contributed by atoms with E-state index in [9.17, 15) is 0 Å². The second kappa shape index (κ2) is 6.31.